The van der Waals surface area contributed by atoms with Crippen LogP contribution in [-0.4, -0.2) is 10.8 Å². The number of hydrogen-bond donors (Lipinski definition) is 2. The third-order valence-electron chi connectivity index (χ3n) is 1.61. The lowest BCUT2D eigenvalue weighted by atomic mass is 10.1. The minimum absolute atomic E-state index is 0.286. The van der Waals surface area contributed by atoms with Crippen LogP contribution in [0.3, 0.4) is 0 Å². The van der Waals surface area contributed by atoms with Crippen molar-refractivity contribution < 1.29 is 9.50 Å². The van der Waals surface area contributed by atoms with Gasteiger partial charge in [-0.25, -0.2) is 4.39 Å². The minimum Gasteiger partial charge on any atom is -0.504 e. The number of hydrogen-bond acceptors (Lipinski definition) is 3. The Hall–Kier alpha value is -1.10. The van der Waals surface area contributed by atoms with Gasteiger partial charge in [0.25, 0.3) is 0 Å². The summed E-state index contributed by atoms with van der Waals surface area (Å²) in [4.78, 5) is 0. The molecule has 0 aromatic heterocycles. The van der Waals surface area contributed by atoms with Crippen LogP contribution < -0.4 is 5.84 Å². The Balaban J connectivity index is 3.37. The van der Waals surface area contributed by atoms with Gasteiger partial charge < -0.3 is 10.9 Å². The van der Waals surface area contributed by atoms with Crippen LogP contribution in [0.2, 0.25) is 0 Å². The average molecular weight is 247 g/mol. The summed E-state index contributed by atoms with van der Waals surface area (Å²) in [6, 6.07) is 2.72. The van der Waals surface area contributed by atoms with Gasteiger partial charge in [-0.15, -0.1) is 0 Å². The van der Waals surface area contributed by atoms with Gasteiger partial charge in [-0.05, 0) is 19.1 Å². The molecule has 1 aromatic rings. The van der Waals surface area contributed by atoms with Crippen molar-refractivity contribution in [1.82, 2.24) is 0 Å². The van der Waals surface area contributed by atoms with E-state index in [0.29, 0.717) is 10.2 Å². The van der Waals surface area contributed by atoms with Crippen molar-refractivity contribution in [2.75, 3.05) is 0 Å². The quantitative estimate of drug-likeness (QED) is 0.453. The van der Waals surface area contributed by atoms with Gasteiger partial charge >= 0.3 is 0 Å². The zero-order chi connectivity index (χ0) is 10.0. The van der Waals surface area contributed by atoms with E-state index in [1.54, 1.807) is 13.0 Å². The van der Waals surface area contributed by atoms with E-state index in [-0.39, 0.29) is 5.56 Å². The summed E-state index contributed by atoms with van der Waals surface area (Å²) in [6.07, 6.45) is 0. The fraction of sp³-hybridized carbons (Fsp3) is 0.125. The second kappa shape index (κ2) is 3.74. The van der Waals surface area contributed by atoms with Gasteiger partial charge in [0.15, 0.2) is 11.6 Å². The van der Waals surface area contributed by atoms with Crippen LogP contribution in [0.5, 0.6) is 5.75 Å². The third-order valence-corrected chi connectivity index (χ3v) is 2.07. The molecular formula is C8H8BrFN2O. The van der Waals surface area contributed by atoms with Crippen molar-refractivity contribution in [3.63, 3.8) is 0 Å². The van der Waals surface area contributed by atoms with Crippen molar-refractivity contribution in [3.05, 3.63) is 28.0 Å². The molecule has 0 radical (unpaired) electrons. The number of halogens is 2. The molecular weight excluding hydrogens is 239 g/mol. The fourth-order valence-electron chi connectivity index (χ4n) is 0.911. The summed E-state index contributed by atoms with van der Waals surface area (Å²) >= 11 is 3.10. The van der Waals surface area contributed by atoms with E-state index in [0.717, 1.165) is 0 Å². The number of benzene rings is 1. The van der Waals surface area contributed by atoms with Gasteiger partial charge in [0.2, 0.25) is 0 Å². The molecule has 0 aliphatic carbocycles. The van der Waals surface area contributed by atoms with Gasteiger partial charge in [0.1, 0.15) is 0 Å². The fourth-order valence-corrected chi connectivity index (χ4v) is 1.34. The van der Waals surface area contributed by atoms with Crippen molar-refractivity contribution in [2.45, 2.75) is 6.92 Å². The number of nitrogens with two attached hydrogens (primary N) is 1. The highest BCUT2D eigenvalue weighted by atomic mass is 79.9. The minimum atomic E-state index is -0.702. The van der Waals surface area contributed by atoms with Crippen LogP contribution in [0.15, 0.2) is 21.7 Å². The Morgan fingerprint density at radius 1 is 1.62 bits per heavy atom. The molecule has 0 heterocycles. The zero-order valence-corrected chi connectivity index (χ0v) is 8.47. The Labute approximate surface area is 83.2 Å². The van der Waals surface area contributed by atoms with E-state index in [2.05, 4.69) is 21.0 Å². The topological polar surface area (TPSA) is 58.6 Å². The molecule has 0 saturated heterocycles. The van der Waals surface area contributed by atoms with E-state index in [9.17, 15) is 9.50 Å². The van der Waals surface area contributed by atoms with E-state index < -0.39 is 11.6 Å². The van der Waals surface area contributed by atoms with Gasteiger partial charge in [-0.1, -0.05) is 15.9 Å². The monoisotopic (exact) mass is 246 g/mol. The molecule has 0 unspecified atom stereocenters. The molecule has 0 spiro atoms. The van der Waals surface area contributed by atoms with E-state index in [4.69, 9.17) is 5.84 Å². The first-order valence-electron chi connectivity index (χ1n) is 3.49. The maximum absolute atomic E-state index is 13.0. The molecule has 0 fully saturated rings. The number of nitrogens with zero attached hydrogens (tertiary/aromatic N) is 1. The van der Waals surface area contributed by atoms with E-state index in [1.165, 1.54) is 6.07 Å². The summed E-state index contributed by atoms with van der Waals surface area (Å²) in [5.74, 6) is 3.88. The molecule has 1 rings (SSSR count). The molecule has 70 valence electrons. The van der Waals surface area contributed by atoms with Crippen molar-refractivity contribution in [2.24, 2.45) is 10.9 Å². The molecule has 3 N–H and O–H groups in total. The summed E-state index contributed by atoms with van der Waals surface area (Å²) in [7, 11) is 0. The number of aromatic hydroxyl groups is 1. The normalized spacial score (nSPS) is 11.8. The standard InChI is InChI=1S/C8H8BrFN2O/c1-4(12-11)6-2-5(9)3-7(10)8(6)13/h2-3,13H,11H2,1H3/b12-4-. The molecule has 1 aromatic carbocycles. The lowest BCUT2D eigenvalue weighted by molar-refractivity contribution is 0.431. The molecule has 13 heavy (non-hydrogen) atoms. The zero-order valence-electron chi connectivity index (χ0n) is 6.88. The molecule has 0 amide bonds. The lowest BCUT2D eigenvalue weighted by Gasteiger charge is -2.04. The third kappa shape index (κ3) is 1.98. The number of hydrazone groups is 1. The molecule has 0 bridgehead atoms. The van der Waals surface area contributed by atoms with Gasteiger partial charge in [0.05, 0.1) is 5.71 Å². The number of rotatable bonds is 1. The smallest absolute Gasteiger partial charge is 0.166 e. The summed E-state index contributed by atoms with van der Waals surface area (Å²) < 4.78 is 13.5. The maximum Gasteiger partial charge on any atom is 0.166 e. The van der Waals surface area contributed by atoms with Crippen molar-refractivity contribution >= 4 is 21.6 Å². The van der Waals surface area contributed by atoms with Crippen LogP contribution in [0, 0.1) is 5.82 Å². The average Bonchev–Trinajstić information content (AvgIpc) is 2.10. The predicted molar refractivity (Wildman–Crippen MR) is 52.2 cm³/mol. The molecule has 0 atom stereocenters. The lowest BCUT2D eigenvalue weighted by Crippen LogP contribution is -2.00. The first-order chi connectivity index (χ1) is 6.06. The maximum atomic E-state index is 13.0. The first-order valence-corrected chi connectivity index (χ1v) is 4.28. The number of phenolic OH excluding ortho intramolecular Hbond substituents is 1. The summed E-state index contributed by atoms with van der Waals surface area (Å²) in [5, 5.41) is 12.7. The Morgan fingerprint density at radius 3 is 2.77 bits per heavy atom. The molecule has 3 nitrogen and oxygen atoms in total. The first kappa shape index (κ1) is 9.98. The van der Waals surface area contributed by atoms with Crippen LogP contribution in [0.4, 0.5) is 4.39 Å². The van der Waals surface area contributed by atoms with E-state index in [1.807, 2.05) is 0 Å². The highest BCUT2D eigenvalue weighted by molar-refractivity contribution is 9.10. The van der Waals surface area contributed by atoms with Gasteiger partial charge in [-0.3, -0.25) is 0 Å². The molecule has 0 aliphatic rings. The second-order valence-electron chi connectivity index (χ2n) is 2.50. The predicted octanol–water partition coefficient (Wildman–Crippen LogP) is 1.98. The summed E-state index contributed by atoms with van der Waals surface area (Å²) in [5.41, 5.74) is 0.659. The molecule has 0 aliphatic heterocycles. The Morgan fingerprint density at radius 2 is 2.23 bits per heavy atom. The SMILES string of the molecule is C/C(=N/N)c1cc(Br)cc(F)c1O. The Kier molecular flexibility index (Phi) is 2.87. The highest BCUT2D eigenvalue weighted by Crippen LogP contribution is 2.26. The van der Waals surface area contributed by atoms with E-state index >= 15 is 0 Å². The van der Waals surface area contributed by atoms with Gasteiger partial charge in [0, 0.05) is 10.0 Å². The largest absolute Gasteiger partial charge is 0.504 e. The summed E-state index contributed by atoms with van der Waals surface area (Å²) in [6.45, 7) is 1.58. The highest BCUT2D eigenvalue weighted by Gasteiger charge is 2.10. The molecule has 0 saturated carbocycles. The van der Waals surface area contributed by atoms with Crippen LogP contribution in [-0.2, 0) is 0 Å². The molecule has 5 heteroatoms. The van der Waals surface area contributed by atoms with Gasteiger partial charge in [-0.2, -0.15) is 5.10 Å². The second-order valence-corrected chi connectivity index (χ2v) is 3.41. The van der Waals surface area contributed by atoms with Crippen LogP contribution in [0.1, 0.15) is 12.5 Å². The Bertz CT molecular complexity index is 365. The van der Waals surface area contributed by atoms with Crippen LogP contribution >= 0.6 is 15.9 Å². The van der Waals surface area contributed by atoms with Crippen LogP contribution in [0.25, 0.3) is 0 Å². The number of phenols is 1. The van der Waals surface area contributed by atoms with Crippen molar-refractivity contribution in [3.8, 4) is 5.75 Å². The van der Waals surface area contributed by atoms with Crippen molar-refractivity contribution in [1.29, 1.82) is 0 Å².